The van der Waals surface area contributed by atoms with Gasteiger partial charge in [-0.3, -0.25) is 0 Å². The van der Waals surface area contributed by atoms with E-state index in [2.05, 4.69) is 13.0 Å². The summed E-state index contributed by atoms with van der Waals surface area (Å²) in [5.74, 6) is 0.890. The molecule has 1 heterocycles. The van der Waals surface area contributed by atoms with E-state index in [-0.39, 0.29) is 12.1 Å². The number of allylic oxidation sites excluding steroid dienone is 2. The molecule has 0 aromatic carbocycles. The predicted molar refractivity (Wildman–Crippen MR) is 56.0 cm³/mol. The summed E-state index contributed by atoms with van der Waals surface area (Å²) in [6.45, 7) is 4.30. The zero-order valence-electron chi connectivity index (χ0n) is 9.10. The van der Waals surface area contributed by atoms with Gasteiger partial charge >= 0.3 is 5.97 Å². The second-order valence-corrected chi connectivity index (χ2v) is 4.02. The summed E-state index contributed by atoms with van der Waals surface area (Å²) in [5, 5.41) is 0. The molecule has 0 aromatic heterocycles. The van der Waals surface area contributed by atoms with Crippen molar-refractivity contribution >= 4 is 5.97 Å². The fourth-order valence-electron chi connectivity index (χ4n) is 2.15. The van der Waals surface area contributed by atoms with Crippen LogP contribution in [0, 0.1) is 11.8 Å². The van der Waals surface area contributed by atoms with Crippen molar-refractivity contribution in [2.75, 3.05) is 6.61 Å². The van der Waals surface area contributed by atoms with Gasteiger partial charge in [0.2, 0.25) is 5.76 Å². The van der Waals surface area contributed by atoms with Crippen LogP contribution in [0.15, 0.2) is 24.0 Å². The van der Waals surface area contributed by atoms with Gasteiger partial charge in [0.25, 0.3) is 0 Å². The third kappa shape index (κ3) is 1.91. The van der Waals surface area contributed by atoms with Crippen LogP contribution in [0.4, 0.5) is 0 Å². The zero-order chi connectivity index (χ0) is 10.8. The van der Waals surface area contributed by atoms with Crippen molar-refractivity contribution in [2.24, 2.45) is 11.8 Å². The number of esters is 1. The third-order valence-electron chi connectivity index (χ3n) is 2.99. The second-order valence-electron chi connectivity index (χ2n) is 4.02. The van der Waals surface area contributed by atoms with Crippen LogP contribution >= 0.6 is 0 Å². The van der Waals surface area contributed by atoms with Crippen LogP contribution < -0.4 is 0 Å². The highest BCUT2D eigenvalue weighted by molar-refractivity contribution is 5.86. The SMILES string of the molecule is CCOC(=O)C1=C[C@H](C)[C@@H]2CC=C[C@@H]2O1. The summed E-state index contributed by atoms with van der Waals surface area (Å²) in [5.41, 5.74) is 0. The molecule has 0 N–H and O–H groups in total. The molecular weight excluding hydrogens is 192 g/mol. The molecule has 3 heteroatoms. The fourth-order valence-corrected chi connectivity index (χ4v) is 2.15. The molecule has 0 saturated carbocycles. The Morgan fingerprint density at radius 1 is 1.67 bits per heavy atom. The van der Waals surface area contributed by atoms with Gasteiger partial charge in [-0.05, 0) is 31.4 Å². The fraction of sp³-hybridized carbons (Fsp3) is 0.583. The first-order chi connectivity index (χ1) is 7.22. The minimum absolute atomic E-state index is 0.0596. The van der Waals surface area contributed by atoms with Crippen LogP contribution in [-0.2, 0) is 14.3 Å². The lowest BCUT2D eigenvalue weighted by Crippen LogP contribution is -2.30. The van der Waals surface area contributed by atoms with Crippen LogP contribution in [0.1, 0.15) is 20.3 Å². The average molecular weight is 208 g/mol. The molecule has 0 amide bonds. The molecule has 2 aliphatic rings. The highest BCUT2D eigenvalue weighted by Crippen LogP contribution is 2.35. The van der Waals surface area contributed by atoms with Crippen LogP contribution in [-0.4, -0.2) is 18.7 Å². The summed E-state index contributed by atoms with van der Waals surface area (Å²) in [6.07, 6.45) is 7.13. The average Bonchev–Trinajstić information content (AvgIpc) is 2.66. The van der Waals surface area contributed by atoms with Gasteiger partial charge in [0, 0.05) is 5.92 Å². The monoisotopic (exact) mass is 208 g/mol. The highest BCUT2D eigenvalue weighted by atomic mass is 16.6. The summed E-state index contributed by atoms with van der Waals surface area (Å²) in [4.78, 5) is 11.5. The van der Waals surface area contributed by atoms with E-state index in [1.165, 1.54) is 0 Å². The molecule has 1 aliphatic carbocycles. The van der Waals surface area contributed by atoms with Crippen LogP contribution in [0.3, 0.4) is 0 Å². The van der Waals surface area contributed by atoms with Crippen molar-refractivity contribution in [3.63, 3.8) is 0 Å². The van der Waals surface area contributed by atoms with Gasteiger partial charge in [-0.25, -0.2) is 4.79 Å². The van der Waals surface area contributed by atoms with Crippen molar-refractivity contribution in [3.8, 4) is 0 Å². The summed E-state index contributed by atoms with van der Waals surface area (Å²) in [6, 6.07) is 0. The van der Waals surface area contributed by atoms with Crippen LogP contribution in [0.2, 0.25) is 0 Å². The van der Waals surface area contributed by atoms with Crippen molar-refractivity contribution in [2.45, 2.75) is 26.4 Å². The Hall–Kier alpha value is -1.25. The lowest BCUT2D eigenvalue weighted by molar-refractivity contribution is -0.144. The number of ether oxygens (including phenoxy) is 2. The lowest BCUT2D eigenvalue weighted by Gasteiger charge is -2.30. The van der Waals surface area contributed by atoms with Crippen LogP contribution in [0.5, 0.6) is 0 Å². The molecule has 2 rings (SSSR count). The van der Waals surface area contributed by atoms with Crippen molar-refractivity contribution < 1.29 is 14.3 Å². The van der Waals surface area contributed by atoms with Gasteiger partial charge in [0.05, 0.1) is 6.61 Å². The molecule has 0 fully saturated rings. The van der Waals surface area contributed by atoms with Gasteiger partial charge in [-0.15, -0.1) is 0 Å². The van der Waals surface area contributed by atoms with Crippen molar-refractivity contribution in [3.05, 3.63) is 24.0 Å². The quantitative estimate of drug-likeness (QED) is 0.514. The van der Waals surface area contributed by atoms with Gasteiger partial charge in [-0.2, -0.15) is 0 Å². The topological polar surface area (TPSA) is 35.5 Å². The lowest BCUT2D eigenvalue weighted by atomic mass is 9.87. The second kappa shape index (κ2) is 4.09. The maximum Gasteiger partial charge on any atom is 0.373 e. The number of hydrogen-bond acceptors (Lipinski definition) is 3. The predicted octanol–water partition coefficient (Wildman–Crippen LogP) is 2.04. The Balaban J connectivity index is 2.11. The standard InChI is InChI=1S/C12H16O3/c1-3-14-12(13)11-7-8(2)9-5-4-6-10(9)15-11/h4,6-10H,3,5H2,1-2H3/t8-,9-,10-/m0/s1. The zero-order valence-corrected chi connectivity index (χ0v) is 9.10. The molecule has 0 saturated heterocycles. The van der Waals surface area contributed by atoms with E-state index in [1.54, 1.807) is 6.92 Å². The van der Waals surface area contributed by atoms with E-state index in [0.29, 0.717) is 24.2 Å². The molecule has 15 heavy (non-hydrogen) atoms. The number of carbonyl (C=O) groups excluding carboxylic acids is 1. The Kier molecular flexibility index (Phi) is 2.80. The summed E-state index contributed by atoms with van der Waals surface area (Å²) >= 11 is 0. The van der Waals surface area contributed by atoms with Gasteiger partial charge in [0.15, 0.2) is 0 Å². The molecule has 1 aliphatic heterocycles. The summed E-state index contributed by atoms with van der Waals surface area (Å²) < 4.78 is 10.5. The van der Waals surface area contributed by atoms with Crippen LogP contribution in [0.25, 0.3) is 0 Å². The number of rotatable bonds is 2. The van der Waals surface area contributed by atoms with E-state index < -0.39 is 0 Å². The Morgan fingerprint density at radius 2 is 2.47 bits per heavy atom. The number of hydrogen-bond donors (Lipinski definition) is 0. The van der Waals surface area contributed by atoms with Gasteiger partial charge in [0.1, 0.15) is 6.10 Å². The van der Waals surface area contributed by atoms with E-state index in [1.807, 2.05) is 12.2 Å². The Labute approximate surface area is 89.8 Å². The molecule has 0 unspecified atom stereocenters. The first-order valence-corrected chi connectivity index (χ1v) is 5.44. The third-order valence-corrected chi connectivity index (χ3v) is 2.99. The molecule has 0 bridgehead atoms. The Bertz CT molecular complexity index is 317. The molecule has 3 nitrogen and oxygen atoms in total. The van der Waals surface area contributed by atoms with Crippen molar-refractivity contribution in [1.29, 1.82) is 0 Å². The molecule has 0 radical (unpaired) electrons. The molecule has 3 atom stereocenters. The minimum atomic E-state index is -0.344. The van der Waals surface area contributed by atoms with E-state index in [9.17, 15) is 4.79 Å². The molecule has 0 spiro atoms. The first kappa shape index (κ1) is 10.3. The largest absolute Gasteiger partial charge is 0.479 e. The number of fused-ring (bicyclic) bond motifs is 1. The molecule has 0 aromatic rings. The van der Waals surface area contributed by atoms with E-state index in [0.717, 1.165) is 6.42 Å². The van der Waals surface area contributed by atoms with Gasteiger partial charge < -0.3 is 9.47 Å². The van der Waals surface area contributed by atoms with Gasteiger partial charge in [-0.1, -0.05) is 13.0 Å². The maximum atomic E-state index is 11.5. The minimum Gasteiger partial charge on any atom is -0.479 e. The molecular formula is C12H16O3. The number of carbonyl (C=O) groups is 1. The highest BCUT2D eigenvalue weighted by Gasteiger charge is 2.35. The molecule has 82 valence electrons. The Morgan fingerprint density at radius 3 is 3.20 bits per heavy atom. The van der Waals surface area contributed by atoms with Crippen molar-refractivity contribution in [1.82, 2.24) is 0 Å². The maximum absolute atomic E-state index is 11.5. The van der Waals surface area contributed by atoms with E-state index >= 15 is 0 Å². The van der Waals surface area contributed by atoms with E-state index in [4.69, 9.17) is 9.47 Å². The normalized spacial score (nSPS) is 32.9. The first-order valence-electron chi connectivity index (χ1n) is 5.44. The summed E-state index contributed by atoms with van der Waals surface area (Å²) in [7, 11) is 0. The smallest absolute Gasteiger partial charge is 0.373 e.